The van der Waals surface area contributed by atoms with Crippen molar-refractivity contribution in [3.63, 3.8) is 0 Å². The van der Waals surface area contributed by atoms with Crippen LogP contribution >= 0.6 is 11.6 Å². The lowest BCUT2D eigenvalue weighted by atomic mass is 10.0. The summed E-state index contributed by atoms with van der Waals surface area (Å²) in [6.07, 6.45) is 5.55. The third-order valence-electron chi connectivity index (χ3n) is 5.10. The van der Waals surface area contributed by atoms with Crippen LogP contribution in [0, 0.1) is 5.92 Å². The molecule has 3 heterocycles. The van der Waals surface area contributed by atoms with E-state index in [-0.39, 0.29) is 0 Å². The van der Waals surface area contributed by atoms with Gasteiger partial charge in [0.1, 0.15) is 11.6 Å². The zero-order valence-corrected chi connectivity index (χ0v) is 17.2. The van der Waals surface area contributed by atoms with E-state index < -0.39 is 0 Å². The van der Waals surface area contributed by atoms with Gasteiger partial charge in [0.2, 0.25) is 0 Å². The number of ether oxygens (including phenoxy) is 2. The van der Waals surface area contributed by atoms with Crippen molar-refractivity contribution in [1.29, 1.82) is 0 Å². The van der Waals surface area contributed by atoms with Crippen molar-refractivity contribution in [3.05, 3.63) is 77.2 Å². The molecule has 0 N–H and O–H groups in total. The molecule has 4 rings (SSSR count). The molecule has 0 aliphatic carbocycles. The molecule has 6 heteroatoms. The van der Waals surface area contributed by atoms with Crippen molar-refractivity contribution >= 4 is 23.1 Å². The topological polar surface area (TPSA) is 47.5 Å². The number of methoxy groups -OCH3 is 1. The van der Waals surface area contributed by atoms with Gasteiger partial charge in [0.05, 0.1) is 19.3 Å². The summed E-state index contributed by atoms with van der Waals surface area (Å²) in [4.78, 5) is 11.4. The molecule has 29 heavy (non-hydrogen) atoms. The maximum Gasteiger partial charge on any atom is 0.140 e. The van der Waals surface area contributed by atoms with Crippen LogP contribution in [0.1, 0.15) is 17.7 Å². The largest absolute Gasteiger partial charge is 0.495 e. The molecule has 1 saturated heterocycles. The van der Waals surface area contributed by atoms with Gasteiger partial charge in [0, 0.05) is 36.3 Å². The maximum atomic E-state index is 6.28. The van der Waals surface area contributed by atoms with Gasteiger partial charge in [0.25, 0.3) is 0 Å². The van der Waals surface area contributed by atoms with Crippen LogP contribution in [0.4, 0.5) is 11.5 Å². The molecule has 150 valence electrons. The number of halogens is 1. The molecule has 0 saturated carbocycles. The molecule has 0 unspecified atom stereocenters. The number of aromatic nitrogens is 2. The Kier molecular flexibility index (Phi) is 6.27. The fraction of sp³-hybridized carbons (Fsp3) is 0.304. The van der Waals surface area contributed by atoms with Crippen molar-refractivity contribution in [1.82, 2.24) is 9.97 Å². The average Bonchev–Trinajstić information content (AvgIpc) is 3.26. The summed E-state index contributed by atoms with van der Waals surface area (Å²) in [5, 5.41) is 0.690. The monoisotopic (exact) mass is 409 g/mol. The summed E-state index contributed by atoms with van der Waals surface area (Å²) >= 11 is 6.28. The first-order chi connectivity index (χ1) is 14.2. The smallest absolute Gasteiger partial charge is 0.140 e. The second-order valence-electron chi connectivity index (χ2n) is 7.18. The van der Waals surface area contributed by atoms with E-state index in [1.807, 2.05) is 48.7 Å². The minimum absolute atomic E-state index is 0.476. The number of pyridine rings is 2. The van der Waals surface area contributed by atoms with Crippen LogP contribution < -0.4 is 9.64 Å². The minimum atomic E-state index is 0.476. The van der Waals surface area contributed by atoms with Crippen molar-refractivity contribution in [2.45, 2.75) is 19.4 Å². The Morgan fingerprint density at radius 1 is 1.21 bits per heavy atom. The Bertz CT molecular complexity index is 946. The van der Waals surface area contributed by atoms with E-state index in [9.17, 15) is 0 Å². The van der Waals surface area contributed by atoms with Crippen LogP contribution in [0.25, 0.3) is 0 Å². The highest BCUT2D eigenvalue weighted by Gasteiger charge is 2.21. The second kappa shape index (κ2) is 9.25. The number of benzene rings is 1. The van der Waals surface area contributed by atoms with E-state index in [0.29, 0.717) is 17.5 Å². The van der Waals surface area contributed by atoms with Crippen molar-refractivity contribution < 1.29 is 9.47 Å². The fourth-order valence-electron chi connectivity index (χ4n) is 3.60. The van der Waals surface area contributed by atoms with E-state index >= 15 is 0 Å². The Balaban J connectivity index is 1.71. The molecule has 5 nitrogen and oxygen atoms in total. The van der Waals surface area contributed by atoms with E-state index in [1.165, 1.54) is 0 Å². The van der Waals surface area contributed by atoms with Crippen LogP contribution in [-0.2, 0) is 17.7 Å². The van der Waals surface area contributed by atoms with Crippen LogP contribution in [0.5, 0.6) is 5.75 Å². The predicted octanol–water partition coefficient (Wildman–Crippen LogP) is 5.06. The van der Waals surface area contributed by atoms with Gasteiger partial charge in [0.15, 0.2) is 0 Å². The van der Waals surface area contributed by atoms with Gasteiger partial charge in [-0.05, 0) is 60.7 Å². The van der Waals surface area contributed by atoms with E-state index in [4.69, 9.17) is 26.1 Å². The maximum absolute atomic E-state index is 6.28. The summed E-state index contributed by atoms with van der Waals surface area (Å²) in [6.45, 7) is 2.24. The molecule has 1 aliphatic rings. The highest BCUT2D eigenvalue weighted by molar-refractivity contribution is 6.30. The first kappa shape index (κ1) is 19.7. The van der Waals surface area contributed by atoms with E-state index in [1.54, 1.807) is 13.3 Å². The number of hydrogen-bond donors (Lipinski definition) is 0. The highest BCUT2D eigenvalue weighted by atomic mass is 35.5. The van der Waals surface area contributed by atoms with Gasteiger partial charge < -0.3 is 14.4 Å². The highest BCUT2D eigenvalue weighted by Crippen LogP contribution is 2.32. The standard InChI is InChI=1S/C23H24ClN3O2/c1-28-22-7-8-23(26-21(22)12-17-9-11-29-16-17)27(15-18-4-3-10-25-14-18)20-6-2-5-19(24)13-20/h2-8,10,13-14,17H,9,11-12,15-16H2,1H3/t17-/m0/s1. The second-order valence-corrected chi connectivity index (χ2v) is 7.62. The van der Waals surface area contributed by atoms with Crippen LogP contribution in [0.15, 0.2) is 60.9 Å². The zero-order valence-electron chi connectivity index (χ0n) is 16.4. The lowest BCUT2D eigenvalue weighted by Crippen LogP contribution is -2.19. The average molecular weight is 410 g/mol. The Labute approximate surface area is 176 Å². The van der Waals surface area contributed by atoms with Crippen molar-refractivity contribution in [2.75, 3.05) is 25.2 Å². The van der Waals surface area contributed by atoms with E-state index in [2.05, 4.69) is 16.0 Å². The molecule has 1 aromatic carbocycles. The summed E-state index contributed by atoms with van der Waals surface area (Å²) in [5.41, 5.74) is 3.03. The van der Waals surface area contributed by atoms with Gasteiger partial charge in [-0.15, -0.1) is 0 Å². The lowest BCUT2D eigenvalue weighted by Gasteiger charge is -2.25. The fourth-order valence-corrected chi connectivity index (χ4v) is 3.78. The molecule has 2 aromatic heterocycles. The molecule has 0 radical (unpaired) electrons. The van der Waals surface area contributed by atoms with E-state index in [0.717, 1.165) is 54.6 Å². The first-order valence-corrected chi connectivity index (χ1v) is 10.1. The SMILES string of the molecule is COc1ccc(N(Cc2cccnc2)c2cccc(Cl)c2)nc1C[C@@H]1CCOC1. The first-order valence-electron chi connectivity index (χ1n) is 9.76. The van der Waals surface area contributed by atoms with Gasteiger partial charge in [-0.25, -0.2) is 4.98 Å². The number of hydrogen-bond acceptors (Lipinski definition) is 5. The summed E-state index contributed by atoms with van der Waals surface area (Å²) in [6, 6.07) is 15.8. The summed E-state index contributed by atoms with van der Waals surface area (Å²) < 4.78 is 11.1. The van der Waals surface area contributed by atoms with Gasteiger partial charge in [-0.1, -0.05) is 23.7 Å². The zero-order chi connectivity index (χ0) is 20.1. The molecule has 1 aliphatic heterocycles. The Hall–Kier alpha value is -2.63. The van der Waals surface area contributed by atoms with Gasteiger partial charge in [-0.3, -0.25) is 4.98 Å². The van der Waals surface area contributed by atoms with Crippen LogP contribution in [0.2, 0.25) is 5.02 Å². The number of rotatable bonds is 7. The minimum Gasteiger partial charge on any atom is -0.495 e. The molecular formula is C23H24ClN3O2. The molecular weight excluding hydrogens is 386 g/mol. The normalized spacial score (nSPS) is 16.0. The predicted molar refractivity (Wildman–Crippen MR) is 115 cm³/mol. The number of anilines is 2. The molecule has 3 aromatic rings. The summed E-state index contributed by atoms with van der Waals surface area (Å²) in [5.74, 6) is 2.14. The van der Waals surface area contributed by atoms with Gasteiger partial charge >= 0.3 is 0 Å². The Morgan fingerprint density at radius 3 is 2.86 bits per heavy atom. The van der Waals surface area contributed by atoms with Crippen molar-refractivity contribution in [2.24, 2.45) is 5.92 Å². The third-order valence-corrected chi connectivity index (χ3v) is 5.34. The van der Waals surface area contributed by atoms with Crippen molar-refractivity contribution in [3.8, 4) is 5.75 Å². The van der Waals surface area contributed by atoms with Crippen LogP contribution in [-0.4, -0.2) is 30.3 Å². The number of nitrogens with zero attached hydrogens (tertiary/aromatic N) is 3. The third kappa shape index (κ3) is 4.86. The molecule has 0 bridgehead atoms. The molecule has 0 amide bonds. The van der Waals surface area contributed by atoms with Gasteiger partial charge in [-0.2, -0.15) is 0 Å². The Morgan fingerprint density at radius 2 is 2.14 bits per heavy atom. The molecule has 1 atom stereocenters. The quantitative estimate of drug-likeness (QED) is 0.546. The molecule has 1 fully saturated rings. The molecule has 0 spiro atoms. The van der Waals surface area contributed by atoms with Crippen LogP contribution in [0.3, 0.4) is 0 Å². The summed E-state index contributed by atoms with van der Waals surface area (Å²) in [7, 11) is 1.69. The lowest BCUT2D eigenvalue weighted by molar-refractivity contribution is 0.185.